The molecule has 1 unspecified atom stereocenters. The second kappa shape index (κ2) is 18.0. The zero-order valence-corrected chi connectivity index (χ0v) is 26.4. The fraction of sp³-hybridized carbons (Fsp3) is 0.429. The zero-order chi connectivity index (χ0) is 32.7. The van der Waals surface area contributed by atoms with Crippen LogP contribution in [0.4, 0.5) is 22.0 Å². The molecule has 246 valence electrons. The number of hydrogen-bond donors (Lipinski definition) is 2. The maximum atomic E-state index is 12.9. The summed E-state index contributed by atoms with van der Waals surface area (Å²) in [6.45, 7) is 4.09. The molecule has 0 amide bonds. The molecule has 0 saturated carbocycles. The van der Waals surface area contributed by atoms with Gasteiger partial charge in [0.15, 0.2) is 0 Å². The van der Waals surface area contributed by atoms with Gasteiger partial charge in [-0.2, -0.15) is 22.0 Å². The highest BCUT2D eigenvalue weighted by atomic mass is 32.2. The molecule has 0 aliphatic rings. The Morgan fingerprint density at radius 3 is 1.98 bits per heavy atom. The number of unbranched alkanes of at least 4 members (excludes halogenated alkanes) is 3. The van der Waals surface area contributed by atoms with E-state index in [2.05, 4.69) is 24.4 Å². The third-order valence-electron chi connectivity index (χ3n) is 7.38. The number of alkyl halides is 5. The first-order chi connectivity index (χ1) is 21.5. The number of rotatable bonds is 19. The topological polar surface area (TPSA) is 58.6 Å². The van der Waals surface area contributed by atoms with E-state index >= 15 is 0 Å². The molecule has 3 rings (SSSR count). The number of hydrogen-bond acceptors (Lipinski definition) is 4. The Kier molecular flexibility index (Phi) is 14.5. The standard InChI is InChI=1S/C35H42F5NO3S/c1-2-32(27-11-6-5-7-12-27)33(28-13-17-30(42)18-14-28)29-15-19-31(20-16-29)44-24-23-41-22-8-3-4-9-25-45(43)26-10-21-34(36,37)35(38,39)40/h5-7,11-20,41-42H,2-4,8-10,21-26H2,1H3/b33-32-. The molecule has 0 aliphatic carbocycles. The Balaban J connectivity index is 1.37. The van der Waals surface area contributed by atoms with Crippen molar-refractivity contribution in [1.82, 2.24) is 5.32 Å². The Morgan fingerprint density at radius 1 is 0.756 bits per heavy atom. The van der Waals surface area contributed by atoms with E-state index in [1.54, 1.807) is 12.1 Å². The first-order valence-corrected chi connectivity index (χ1v) is 16.8. The third-order valence-corrected chi connectivity index (χ3v) is 8.87. The third kappa shape index (κ3) is 11.9. The van der Waals surface area contributed by atoms with Crippen molar-refractivity contribution in [3.63, 3.8) is 0 Å². The van der Waals surface area contributed by atoms with Crippen molar-refractivity contribution >= 4 is 21.9 Å². The first kappa shape index (κ1) is 36.2. The number of nitrogens with one attached hydrogen (secondary N) is 1. The Morgan fingerprint density at radius 2 is 1.36 bits per heavy atom. The lowest BCUT2D eigenvalue weighted by Crippen LogP contribution is -2.36. The Labute approximate surface area is 265 Å². The van der Waals surface area contributed by atoms with E-state index < -0.39 is 35.7 Å². The average Bonchev–Trinajstić information content (AvgIpc) is 3.01. The summed E-state index contributed by atoms with van der Waals surface area (Å²) < 4.78 is 80.2. The minimum Gasteiger partial charge on any atom is -0.508 e. The normalized spacial score (nSPS) is 13.4. The fourth-order valence-corrected chi connectivity index (χ4v) is 6.15. The van der Waals surface area contributed by atoms with Gasteiger partial charge in [-0.05, 0) is 84.3 Å². The van der Waals surface area contributed by atoms with Crippen molar-refractivity contribution in [2.75, 3.05) is 31.2 Å². The van der Waals surface area contributed by atoms with Crippen LogP contribution in [0.5, 0.6) is 11.5 Å². The molecular formula is C35H42F5NO3S. The SMILES string of the molecule is CC/C(=C(\c1ccc(O)cc1)c1ccc(OCCNCCCCCCS(=O)CCCC(F)(F)C(F)(F)F)cc1)c1ccccc1. The lowest BCUT2D eigenvalue weighted by molar-refractivity contribution is -0.284. The van der Waals surface area contributed by atoms with Gasteiger partial charge < -0.3 is 15.2 Å². The first-order valence-electron chi connectivity index (χ1n) is 15.3. The summed E-state index contributed by atoms with van der Waals surface area (Å²) >= 11 is 0. The van der Waals surface area contributed by atoms with Gasteiger partial charge in [0, 0.05) is 35.3 Å². The summed E-state index contributed by atoms with van der Waals surface area (Å²) in [6.07, 6.45) is -3.18. The maximum absolute atomic E-state index is 12.9. The summed E-state index contributed by atoms with van der Waals surface area (Å²) in [5, 5.41) is 13.2. The molecule has 0 heterocycles. The van der Waals surface area contributed by atoms with Gasteiger partial charge in [-0.1, -0.05) is 74.4 Å². The number of allylic oxidation sites excluding steroid dienone is 1. The van der Waals surface area contributed by atoms with Crippen LogP contribution in [-0.2, 0) is 10.8 Å². The zero-order valence-electron chi connectivity index (χ0n) is 25.6. The number of phenols is 1. The molecule has 4 nitrogen and oxygen atoms in total. The summed E-state index contributed by atoms with van der Waals surface area (Å²) in [4.78, 5) is 0. The largest absolute Gasteiger partial charge is 0.508 e. The van der Waals surface area contributed by atoms with Gasteiger partial charge in [0.1, 0.15) is 18.1 Å². The van der Waals surface area contributed by atoms with Gasteiger partial charge in [-0.25, -0.2) is 0 Å². The molecular weight excluding hydrogens is 609 g/mol. The van der Waals surface area contributed by atoms with Gasteiger partial charge >= 0.3 is 12.1 Å². The van der Waals surface area contributed by atoms with Crippen LogP contribution >= 0.6 is 0 Å². The van der Waals surface area contributed by atoms with Crippen LogP contribution in [0.2, 0.25) is 0 Å². The van der Waals surface area contributed by atoms with E-state index in [0.717, 1.165) is 60.2 Å². The number of phenolic OH excluding ortho intramolecular Hbond substituents is 1. The Bertz CT molecular complexity index is 1340. The van der Waals surface area contributed by atoms with Crippen molar-refractivity contribution in [1.29, 1.82) is 0 Å². The van der Waals surface area contributed by atoms with Crippen molar-refractivity contribution < 1.29 is 36.0 Å². The molecule has 45 heavy (non-hydrogen) atoms. The van der Waals surface area contributed by atoms with Crippen LogP contribution in [0.1, 0.15) is 68.6 Å². The molecule has 0 aliphatic heterocycles. The average molecular weight is 652 g/mol. The number of ether oxygens (including phenoxy) is 1. The van der Waals surface area contributed by atoms with Crippen LogP contribution in [0.3, 0.4) is 0 Å². The van der Waals surface area contributed by atoms with Crippen LogP contribution in [0, 0.1) is 0 Å². The quantitative estimate of drug-likeness (QED) is 0.0772. The molecule has 0 fully saturated rings. The highest BCUT2D eigenvalue weighted by molar-refractivity contribution is 7.84. The van der Waals surface area contributed by atoms with Crippen molar-refractivity contribution in [2.45, 2.75) is 64.0 Å². The molecule has 0 saturated heterocycles. The van der Waals surface area contributed by atoms with Crippen LogP contribution in [0.15, 0.2) is 78.9 Å². The molecule has 10 heteroatoms. The molecule has 1 atom stereocenters. The summed E-state index contributed by atoms with van der Waals surface area (Å²) in [5.74, 6) is -3.56. The van der Waals surface area contributed by atoms with Gasteiger partial charge in [0.2, 0.25) is 0 Å². The van der Waals surface area contributed by atoms with Gasteiger partial charge in [0.05, 0.1) is 0 Å². The van der Waals surface area contributed by atoms with Gasteiger partial charge in [-0.3, -0.25) is 4.21 Å². The van der Waals surface area contributed by atoms with E-state index in [1.807, 2.05) is 54.6 Å². The highest BCUT2D eigenvalue weighted by Crippen LogP contribution is 2.39. The fourth-order valence-electron chi connectivity index (χ4n) is 4.96. The summed E-state index contributed by atoms with van der Waals surface area (Å²) in [5.41, 5.74) is 5.54. The monoisotopic (exact) mass is 651 g/mol. The van der Waals surface area contributed by atoms with E-state index in [1.165, 1.54) is 5.57 Å². The molecule has 3 aromatic rings. The van der Waals surface area contributed by atoms with Crippen LogP contribution in [-0.4, -0.2) is 52.6 Å². The van der Waals surface area contributed by atoms with E-state index in [4.69, 9.17) is 4.74 Å². The number of benzene rings is 3. The second-order valence-corrected chi connectivity index (χ2v) is 12.5. The van der Waals surface area contributed by atoms with Crippen molar-refractivity contribution in [3.05, 3.63) is 95.6 Å². The summed E-state index contributed by atoms with van der Waals surface area (Å²) in [7, 11) is -1.38. The lowest BCUT2D eigenvalue weighted by atomic mass is 9.88. The second-order valence-electron chi connectivity index (χ2n) is 10.8. The molecule has 0 bridgehead atoms. The predicted octanol–water partition coefficient (Wildman–Crippen LogP) is 9.02. The molecule has 3 aromatic carbocycles. The maximum Gasteiger partial charge on any atom is 0.453 e. The molecule has 0 spiro atoms. The van der Waals surface area contributed by atoms with Crippen molar-refractivity contribution in [3.8, 4) is 11.5 Å². The Hall–Kier alpha value is -3.24. The predicted molar refractivity (Wildman–Crippen MR) is 172 cm³/mol. The molecule has 0 radical (unpaired) electrons. The number of halogens is 5. The minimum atomic E-state index is -5.56. The smallest absolute Gasteiger partial charge is 0.453 e. The molecule has 2 N–H and O–H groups in total. The number of aromatic hydroxyl groups is 1. The van der Waals surface area contributed by atoms with E-state index in [9.17, 15) is 31.3 Å². The van der Waals surface area contributed by atoms with E-state index in [-0.39, 0.29) is 11.5 Å². The lowest BCUT2D eigenvalue weighted by Gasteiger charge is -2.19. The minimum absolute atomic E-state index is 0.139. The van der Waals surface area contributed by atoms with Crippen molar-refractivity contribution in [2.24, 2.45) is 0 Å². The van der Waals surface area contributed by atoms with E-state index in [0.29, 0.717) is 25.3 Å². The van der Waals surface area contributed by atoms with Crippen LogP contribution < -0.4 is 10.1 Å². The highest BCUT2D eigenvalue weighted by Gasteiger charge is 2.56. The van der Waals surface area contributed by atoms with Gasteiger partial charge in [-0.15, -0.1) is 0 Å². The molecule has 0 aromatic heterocycles. The van der Waals surface area contributed by atoms with Crippen LogP contribution in [0.25, 0.3) is 11.1 Å². The summed E-state index contributed by atoms with van der Waals surface area (Å²) in [6, 6.07) is 25.5. The van der Waals surface area contributed by atoms with Gasteiger partial charge in [0.25, 0.3) is 0 Å².